The molecule has 8 heteroatoms. The van der Waals surface area contributed by atoms with Gasteiger partial charge >= 0.3 is 0 Å². The van der Waals surface area contributed by atoms with Crippen molar-refractivity contribution in [3.63, 3.8) is 0 Å². The topological polar surface area (TPSA) is 78.1 Å². The second-order valence-electron chi connectivity index (χ2n) is 5.11. The number of anilines is 1. The summed E-state index contributed by atoms with van der Waals surface area (Å²) in [6.45, 7) is 0.956. The molecule has 26 heavy (non-hydrogen) atoms. The summed E-state index contributed by atoms with van der Waals surface area (Å²) in [5, 5.41) is 2.99. The van der Waals surface area contributed by atoms with E-state index in [1.54, 1.807) is 44.6 Å². The third-order valence-corrected chi connectivity index (χ3v) is 3.34. The van der Waals surface area contributed by atoms with Gasteiger partial charge in [0.05, 0.1) is 26.5 Å². The molecule has 0 spiro atoms. The largest absolute Gasteiger partial charge is 0.497 e. The van der Waals surface area contributed by atoms with Crippen LogP contribution in [0, 0.1) is 5.82 Å². The van der Waals surface area contributed by atoms with Gasteiger partial charge in [0.2, 0.25) is 0 Å². The van der Waals surface area contributed by atoms with Crippen molar-refractivity contribution < 1.29 is 18.6 Å². The first kappa shape index (κ1) is 21.8. The molecule has 3 N–H and O–H groups in total. The number of benzene rings is 2. The molecule has 142 valence electrons. The Morgan fingerprint density at radius 2 is 1.77 bits per heavy atom. The molecule has 0 aliphatic carbocycles. The summed E-state index contributed by atoms with van der Waals surface area (Å²) in [4.78, 5) is 4.24. The molecule has 0 bridgehead atoms. The van der Waals surface area contributed by atoms with E-state index in [9.17, 15) is 4.39 Å². The van der Waals surface area contributed by atoms with E-state index in [0.717, 1.165) is 0 Å². The van der Waals surface area contributed by atoms with Crippen LogP contribution in [0.3, 0.4) is 0 Å². The molecule has 0 heterocycles. The van der Waals surface area contributed by atoms with E-state index in [4.69, 9.17) is 19.9 Å². The first-order valence-corrected chi connectivity index (χ1v) is 7.79. The smallest absolute Gasteiger partial charge is 0.193 e. The van der Waals surface area contributed by atoms with Crippen LogP contribution in [0.5, 0.6) is 17.2 Å². The number of halogens is 2. The van der Waals surface area contributed by atoms with Crippen molar-refractivity contribution in [1.82, 2.24) is 0 Å². The van der Waals surface area contributed by atoms with Crippen LogP contribution in [0.4, 0.5) is 10.1 Å². The maximum atomic E-state index is 12.8. The molecule has 0 saturated heterocycles. The van der Waals surface area contributed by atoms with Crippen molar-refractivity contribution >= 4 is 35.6 Å². The van der Waals surface area contributed by atoms with Gasteiger partial charge in [0.15, 0.2) is 5.96 Å². The summed E-state index contributed by atoms with van der Waals surface area (Å²) >= 11 is 0. The van der Waals surface area contributed by atoms with Crippen LogP contribution in [-0.4, -0.2) is 33.3 Å². The fourth-order valence-electron chi connectivity index (χ4n) is 2.07. The van der Waals surface area contributed by atoms with Crippen molar-refractivity contribution in [2.75, 3.05) is 32.7 Å². The maximum Gasteiger partial charge on any atom is 0.193 e. The predicted molar refractivity (Wildman–Crippen MR) is 112 cm³/mol. The number of nitrogens with two attached hydrogens (primary N) is 1. The van der Waals surface area contributed by atoms with E-state index in [2.05, 4.69) is 10.3 Å². The second kappa shape index (κ2) is 11.4. The van der Waals surface area contributed by atoms with Gasteiger partial charge in [0, 0.05) is 19.0 Å². The molecule has 0 unspecified atom stereocenters. The molecule has 0 radical (unpaired) electrons. The number of methoxy groups -OCH3 is 2. The summed E-state index contributed by atoms with van der Waals surface area (Å²) in [6.07, 6.45) is 0.676. The quantitative estimate of drug-likeness (QED) is 0.264. The maximum absolute atomic E-state index is 12.8. The number of rotatable bonds is 8. The van der Waals surface area contributed by atoms with E-state index in [0.29, 0.717) is 42.5 Å². The average Bonchev–Trinajstić information content (AvgIpc) is 2.63. The Balaban J connectivity index is 0.00000338. The minimum Gasteiger partial charge on any atom is -0.497 e. The van der Waals surface area contributed by atoms with Crippen LogP contribution in [0.15, 0.2) is 47.5 Å². The van der Waals surface area contributed by atoms with E-state index < -0.39 is 0 Å². The van der Waals surface area contributed by atoms with Gasteiger partial charge in [-0.05, 0) is 36.4 Å². The highest BCUT2D eigenvalue weighted by molar-refractivity contribution is 14.0. The zero-order valence-electron chi connectivity index (χ0n) is 14.7. The standard InChI is InChI=1S/C18H22FN3O3.HI/c1-23-15-8-9-17(24-2)16(12-15)22-18(20)21-10-3-11-25-14-6-4-13(19)5-7-14;/h4-9,12H,3,10-11H2,1-2H3,(H3,20,21,22);1H. The first-order valence-electron chi connectivity index (χ1n) is 7.79. The predicted octanol–water partition coefficient (Wildman–Crippen LogP) is 3.66. The fraction of sp³-hybridized carbons (Fsp3) is 0.278. The third kappa shape index (κ3) is 6.95. The van der Waals surface area contributed by atoms with Gasteiger partial charge in [-0.3, -0.25) is 4.99 Å². The summed E-state index contributed by atoms with van der Waals surface area (Å²) in [7, 11) is 3.16. The Labute approximate surface area is 169 Å². The minimum atomic E-state index is -0.288. The Morgan fingerprint density at radius 1 is 1.08 bits per heavy atom. The lowest BCUT2D eigenvalue weighted by Crippen LogP contribution is -2.23. The summed E-state index contributed by atoms with van der Waals surface area (Å²) in [5.74, 6) is 1.93. The molecule has 2 aromatic carbocycles. The highest BCUT2D eigenvalue weighted by Gasteiger charge is 2.06. The fourth-order valence-corrected chi connectivity index (χ4v) is 2.07. The van der Waals surface area contributed by atoms with E-state index in [1.165, 1.54) is 12.1 Å². The van der Waals surface area contributed by atoms with Crippen molar-refractivity contribution in [1.29, 1.82) is 0 Å². The van der Waals surface area contributed by atoms with Crippen LogP contribution < -0.4 is 25.3 Å². The monoisotopic (exact) mass is 475 g/mol. The van der Waals surface area contributed by atoms with Gasteiger partial charge in [-0.25, -0.2) is 4.39 Å². The molecular formula is C18H23FIN3O3. The Bertz CT molecular complexity index is 711. The lowest BCUT2D eigenvalue weighted by atomic mass is 10.2. The molecule has 2 aromatic rings. The molecule has 2 rings (SSSR count). The van der Waals surface area contributed by atoms with E-state index >= 15 is 0 Å². The van der Waals surface area contributed by atoms with E-state index in [1.807, 2.05) is 0 Å². The molecule has 0 atom stereocenters. The van der Waals surface area contributed by atoms with E-state index in [-0.39, 0.29) is 35.8 Å². The lowest BCUT2D eigenvalue weighted by molar-refractivity contribution is 0.313. The SMILES string of the molecule is COc1ccc(OC)c(NC(N)=NCCCOc2ccc(F)cc2)c1.I. The van der Waals surface area contributed by atoms with Crippen LogP contribution in [0.1, 0.15) is 6.42 Å². The van der Waals surface area contributed by atoms with Crippen LogP contribution in [0.2, 0.25) is 0 Å². The van der Waals surface area contributed by atoms with Gasteiger partial charge in [-0.2, -0.15) is 0 Å². The summed E-state index contributed by atoms with van der Waals surface area (Å²) < 4.78 is 28.7. The first-order chi connectivity index (χ1) is 12.1. The number of hydrogen-bond donors (Lipinski definition) is 2. The number of aliphatic imine (C=N–C) groups is 1. The number of ether oxygens (including phenoxy) is 3. The second-order valence-corrected chi connectivity index (χ2v) is 5.11. The zero-order chi connectivity index (χ0) is 18.1. The number of guanidine groups is 1. The normalized spacial score (nSPS) is 10.7. The van der Waals surface area contributed by atoms with Crippen LogP contribution in [0.25, 0.3) is 0 Å². The molecule has 0 aromatic heterocycles. The van der Waals surface area contributed by atoms with Gasteiger partial charge in [-0.15, -0.1) is 24.0 Å². The molecular weight excluding hydrogens is 452 g/mol. The van der Waals surface area contributed by atoms with Gasteiger partial charge < -0.3 is 25.3 Å². The van der Waals surface area contributed by atoms with Crippen LogP contribution >= 0.6 is 24.0 Å². The summed E-state index contributed by atoms with van der Waals surface area (Å²) in [5.41, 5.74) is 6.56. The molecule has 0 aliphatic heterocycles. The molecule has 0 aliphatic rings. The minimum absolute atomic E-state index is 0. The van der Waals surface area contributed by atoms with Gasteiger partial charge in [0.25, 0.3) is 0 Å². The van der Waals surface area contributed by atoms with Crippen molar-refractivity contribution in [3.8, 4) is 17.2 Å². The molecule has 6 nitrogen and oxygen atoms in total. The highest BCUT2D eigenvalue weighted by Crippen LogP contribution is 2.28. The number of hydrogen-bond acceptors (Lipinski definition) is 4. The zero-order valence-corrected chi connectivity index (χ0v) is 17.0. The third-order valence-electron chi connectivity index (χ3n) is 3.34. The lowest BCUT2D eigenvalue weighted by Gasteiger charge is -2.12. The average molecular weight is 475 g/mol. The Hall–Kier alpha value is -2.23. The van der Waals surface area contributed by atoms with Crippen LogP contribution in [-0.2, 0) is 0 Å². The van der Waals surface area contributed by atoms with Crippen molar-refractivity contribution in [2.24, 2.45) is 10.7 Å². The molecule has 0 fully saturated rings. The molecule has 0 amide bonds. The Morgan fingerprint density at radius 3 is 2.42 bits per heavy atom. The summed E-state index contributed by atoms with van der Waals surface area (Å²) in [6, 6.07) is 11.2. The molecule has 0 saturated carbocycles. The highest BCUT2D eigenvalue weighted by atomic mass is 127. The number of nitrogens with one attached hydrogen (secondary N) is 1. The van der Waals surface area contributed by atoms with Gasteiger partial charge in [0.1, 0.15) is 23.1 Å². The number of nitrogens with zero attached hydrogens (tertiary/aromatic N) is 1. The van der Waals surface area contributed by atoms with Gasteiger partial charge in [-0.1, -0.05) is 0 Å². The van der Waals surface area contributed by atoms with Crippen molar-refractivity contribution in [3.05, 3.63) is 48.3 Å². The Kier molecular flexibility index (Phi) is 9.56. The van der Waals surface area contributed by atoms with Crippen molar-refractivity contribution in [2.45, 2.75) is 6.42 Å².